The van der Waals surface area contributed by atoms with Crippen LogP contribution >= 0.6 is 11.6 Å². The number of halogens is 1. The summed E-state index contributed by atoms with van der Waals surface area (Å²) in [7, 11) is 0. The van der Waals surface area contributed by atoms with E-state index < -0.39 is 5.97 Å². The zero-order valence-electron chi connectivity index (χ0n) is 14.3. The van der Waals surface area contributed by atoms with Crippen molar-refractivity contribution in [3.63, 3.8) is 0 Å². The molecule has 0 atom stereocenters. The summed E-state index contributed by atoms with van der Waals surface area (Å²) in [6.07, 6.45) is 1.51. The van der Waals surface area contributed by atoms with Crippen molar-refractivity contribution in [2.24, 2.45) is 0 Å². The molecule has 0 fully saturated rings. The lowest BCUT2D eigenvalue weighted by atomic mass is 10.1. The molecule has 0 spiro atoms. The Morgan fingerprint density at radius 1 is 1.23 bits per heavy atom. The van der Waals surface area contributed by atoms with E-state index in [0.717, 1.165) is 18.1 Å². The van der Waals surface area contributed by atoms with Crippen molar-refractivity contribution >= 4 is 40.6 Å². The summed E-state index contributed by atoms with van der Waals surface area (Å²) in [6.45, 7) is 4.64. The van der Waals surface area contributed by atoms with Gasteiger partial charge in [-0.25, -0.2) is 14.5 Å². The third kappa shape index (κ3) is 3.78. The maximum atomic E-state index is 11.4. The number of nitrogens with one attached hydrogen (secondary N) is 2. The highest BCUT2D eigenvalue weighted by molar-refractivity contribution is 6.33. The smallest absolute Gasteiger partial charge is 0.337 e. The Balaban J connectivity index is 1.90. The van der Waals surface area contributed by atoms with E-state index in [4.69, 9.17) is 11.6 Å². The van der Waals surface area contributed by atoms with Crippen molar-refractivity contribution in [3.8, 4) is 0 Å². The molecule has 3 aromatic rings. The van der Waals surface area contributed by atoms with Crippen LogP contribution in [0.25, 0.3) is 0 Å². The van der Waals surface area contributed by atoms with Gasteiger partial charge < -0.3 is 15.7 Å². The van der Waals surface area contributed by atoms with Crippen LogP contribution < -0.4 is 10.6 Å². The van der Waals surface area contributed by atoms with Crippen LogP contribution in [0.15, 0.2) is 42.6 Å². The molecule has 0 radical (unpaired) electrons. The number of para-hydroxylation sites is 1. The Morgan fingerprint density at radius 3 is 2.73 bits per heavy atom. The first-order valence-electron chi connectivity index (χ1n) is 8.04. The highest BCUT2D eigenvalue weighted by atomic mass is 35.5. The Kier molecular flexibility index (Phi) is 5.09. The molecule has 2 aromatic heterocycles. The van der Waals surface area contributed by atoms with Crippen LogP contribution in [0.3, 0.4) is 0 Å². The number of aromatic carboxylic acids is 1. The third-order valence-electron chi connectivity index (χ3n) is 3.74. The zero-order chi connectivity index (χ0) is 18.7. The topological polar surface area (TPSA) is 92.1 Å². The number of aromatic nitrogens is 3. The fraction of sp³-hybridized carbons (Fsp3) is 0.167. The standard InChI is InChI=1S/C18H18ClN5O2/c1-3-24-17(8-11(2)23-24)22-16-9-15(13(19)10-20-16)21-14-7-5-4-6-12(14)18(25)26/h4-10H,3H2,1-2H3,(H,25,26)(H2,20,21,22). The number of carboxylic acids is 1. The predicted molar refractivity (Wildman–Crippen MR) is 102 cm³/mol. The van der Waals surface area contributed by atoms with Crippen molar-refractivity contribution in [1.82, 2.24) is 14.8 Å². The van der Waals surface area contributed by atoms with E-state index in [-0.39, 0.29) is 5.56 Å². The average Bonchev–Trinajstić information content (AvgIpc) is 2.97. The van der Waals surface area contributed by atoms with E-state index >= 15 is 0 Å². The summed E-state index contributed by atoms with van der Waals surface area (Å²) in [5.41, 5.74) is 2.07. The molecule has 2 heterocycles. The Bertz CT molecular complexity index is 955. The largest absolute Gasteiger partial charge is 0.478 e. The van der Waals surface area contributed by atoms with E-state index in [1.54, 1.807) is 24.3 Å². The van der Waals surface area contributed by atoms with Gasteiger partial charge in [-0.2, -0.15) is 5.10 Å². The fourth-order valence-electron chi connectivity index (χ4n) is 2.54. The number of hydrogen-bond acceptors (Lipinski definition) is 5. The molecule has 0 amide bonds. The molecule has 3 rings (SSSR count). The van der Waals surface area contributed by atoms with E-state index in [1.807, 2.05) is 24.6 Å². The molecule has 0 saturated carbocycles. The molecule has 134 valence electrons. The van der Waals surface area contributed by atoms with Crippen LogP contribution in [0.1, 0.15) is 23.0 Å². The first-order chi connectivity index (χ1) is 12.5. The molecule has 0 aliphatic carbocycles. The van der Waals surface area contributed by atoms with Crippen LogP contribution in [0.5, 0.6) is 0 Å². The Morgan fingerprint density at radius 2 is 2.00 bits per heavy atom. The van der Waals surface area contributed by atoms with Gasteiger partial charge in [-0.05, 0) is 26.0 Å². The fourth-order valence-corrected chi connectivity index (χ4v) is 2.70. The van der Waals surface area contributed by atoms with Crippen molar-refractivity contribution < 1.29 is 9.90 Å². The number of rotatable bonds is 6. The number of carbonyl (C=O) groups is 1. The molecule has 0 aliphatic rings. The van der Waals surface area contributed by atoms with E-state index in [1.165, 1.54) is 12.3 Å². The molecule has 0 unspecified atom stereocenters. The highest BCUT2D eigenvalue weighted by Gasteiger charge is 2.12. The van der Waals surface area contributed by atoms with Crippen LogP contribution in [0.4, 0.5) is 23.0 Å². The lowest BCUT2D eigenvalue weighted by Crippen LogP contribution is -2.05. The third-order valence-corrected chi connectivity index (χ3v) is 4.04. The van der Waals surface area contributed by atoms with Gasteiger partial charge in [0.1, 0.15) is 11.6 Å². The van der Waals surface area contributed by atoms with Crippen molar-refractivity contribution in [2.45, 2.75) is 20.4 Å². The molecule has 0 saturated heterocycles. The molecule has 3 N–H and O–H groups in total. The van der Waals surface area contributed by atoms with Crippen LogP contribution in [-0.4, -0.2) is 25.8 Å². The summed E-state index contributed by atoms with van der Waals surface area (Å²) < 4.78 is 1.83. The van der Waals surface area contributed by atoms with Gasteiger partial charge in [-0.1, -0.05) is 23.7 Å². The van der Waals surface area contributed by atoms with Gasteiger partial charge >= 0.3 is 5.97 Å². The SMILES string of the molecule is CCn1nc(C)cc1Nc1cc(Nc2ccccc2C(=O)O)c(Cl)cn1. The second kappa shape index (κ2) is 7.45. The first kappa shape index (κ1) is 17.8. The van der Waals surface area contributed by atoms with E-state index in [9.17, 15) is 9.90 Å². The van der Waals surface area contributed by atoms with Gasteiger partial charge in [0.25, 0.3) is 0 Å². The van der Waals surface area contributed by atoms with Gasteiger partial charge in [0, 0.05) is 18.7 Å². The lowest BCUT2D eigenvalue weighted by Gasteiger charge is -2.13. The van der Waals surface area contributed by atoms with Crippen LogP contribution in [0.2, 0.25) is 5.02 Å². The lowest BCUT2D eigenvalue weighted by molar-refractivity contribution is 0.0698. The second-order valence-electron chi connectivity index (χ2n) is 5.64. The van der Waals surface area contributed by atoms with E-state index in [2.05, 4.69) is 20.7 Å². The molecule has 0 aliphatic heterocycles. The molecular weight excluding hydrogens is 354 g/mol. The first-order valence-corrected chi connectivity index (χ1v) is 8.42. The molecule has 7 nitrogen and oxygen atoms in total. The van der Waals surface area contributed by atoms with Crippen LogP contribution in [0, 0.1) is 6.92 Å². The number of aryl methyl sites for hydroxylation is 2. The molecule has 8 heteroatoms. The number of pyridine rings is 1. The second-order valence-corrected chi connectivity index (χ2v) is 6.04. The van der Waals surface area contributed by atoms with Gasteiger partial charge in [0.2, 0.25) is 0 Å². The number of benzene rings is 1. The van der Waals surface area contributed by atoms with Crippen molar-refractivity contribution in [2.75, 3.05) is 10.6 Å². The number of carboxylic acid groups (broad SMARTS) is 1. The van der Waals surface area contributed by atoms with Gasteiger partial charge in [0.05, 0.1) is 33.9 Å². The molecule has 0 bridgehead atoms. The minimum atomic E-state index is -1.01. The van der Waals surface area contributed by atoms with Crippen molar-refractivity contribution in [1.29, 1.82) is 0 Å². The Labute approximate surface area is 155 Å². The summed E-state index contributed by atoms with van der Waals surface area (Å²) in [6, 6.07) is 10.3. The normalized spacial score (nSPS) is 10.6. The number of nitrogens with zero attached hydrogens (tertiary/aromatic N) is 3. The van der Waals surface area contributed by atoms with Crippen LogP contribution in [-0.2, 0) is 6.54 Å². The summed E-state index contributed by atoms with van der Waals surface area (Å²) in [4.78, 5) is 15.6. The predicted octanol–water partition coefficient (Wildman–Crippen LogP) is 4.45. The summed E-state index contributed by atoms with van der Waals surface area (Å²) in [5, 5.41) is 20.4. The van der Waals surface area contributed by atoms with Crippen molar-refractivity contribution in [3.05, 3.63) is 58.9 Å². The molecule has 26 heavy (non-hydrogen) atoms. The van der Waals surface area contributed by atoms with Gasteiger partial charge in [0.15, 0.2) is 0 Å². The molecule has 1 aromatic carbocycles. The minimum absolute atomic E-state index is 0.162. The van der Waals surface area contributed by atoms with Gasteiger partial charge in [-0.3, -0.25) is 0 Å². The summed E-state index contributed by atoms with van der Waals surface area (Å²) >= 11 is 6.23. The maximum Gasteiger partial charge on any atom is 0.337 e. The zero-order valence-corrected chi connectivity index (χ0v) is 15.1. The quantitative estimate of drug-likeness (QED) is 0.593. The number of anilines is 4. The number of hydrogen-bond donors (Lipinski definition) is 3. The van der Waals surface area contributed by atoms with Gasteiger partial charge in [-0.15, -0.1) is 0 Å². The Hall–Kier alpha value is -3.06. The average molecular weight is 372 g/mol. The van der Waals surface area contributed by atoms with E-state index in [0.29, 0.717) is 22.2 Å². The monoisotopic (exact) mass is 371 g/mol. The molecular formula is C18H18ClN5O2. The maximum absolute atomic E-state index is 11.4. The minimum Gasteiger partial charge on any atom is -0.478 e. The summed E-state index contributed by atoms with van der Waals surface area (Å²) in [5.74, 6) is 0.370. The highest BCUT2D eigenvalue weighted by Crippen LogP contribution is 2.29.